The van der Waals surface area contributed by atoms with E-state index in [-0.39, 0.29) is 5.91 Å². The van der Waals surface area contributed by atoms with E-state index in [0.717, 1.165) is 18.0 Å². The van der Waals surface area contributed by atoms with Gasteiger partial charge in [0.05, 0.1) is 6.20 Å². The molecule has 2 rings (SSSR count). The summed E-state index contributed by atoms with van der Waals surface area (Å²) < 4.78 is 1.84. The van der Waals surface area contributed by atoms with Crippen molar-refractivity contribution >= 4 is 5.91 Å². The van der Waals surface area contributed by atoms with Crippen LogP contribution in [0.5, 0.6) is 0 Å². The molecule has 1 unspecified atom stereocenters. The first kappa shape index (κ1) is 12.1. The average Bonchev–Trinajstić information content (AvgIpc) is 2.94. The number of amides is 1. The van der Waals surface area contributed by atoms with Gasteiger partial charge in [0.1, 0.15) is 6.04 Å². The third-order valence-corrected chi connectivity index (χ3v) is 3.08. The van der Waals surface area contributed by atoms with E-state index in [1.165, 1.54) is 12.8 Å². The SMILES string of the molecule is CC(C)n1cc(C(NCC2CC2)C(N)=O)cn1. The number of nitrogens with two attached hydrogens (primary N) is 1. The number of aromatic nitrogens is 2. The molecule has 1 aromatic rings. The standard InChI is InChI=1S/C12H20N4O/c1-8(2)16-7-10(6-15-16)11(12(13)17)14-5-9-3-4-9/h6-9,11,14H,3-5H2,1-2H3,(H2,13,17). The number of nitrogens with zero attached hydrogens (tertiary/aromatic N) is 2. The molecular formula is C12H20N4O. The van der Waals surface area contributed by atoms with E-state index in [1.807, 2.05) is 24.7 Å². The van der Waals surface area contributed by atoms with Gasteiger partial charge in [-0.3, -0.25) is 9.48 Å². The summed E-state index contributed by atoms with van der Waals surface area (Å²) in [5.74, 6) is 0.381. The Morgan fingerprint density at radius 2 is 2.35 bits per heavy atom. The third kappa shape index (κ3) is 3.06. The molecule has 0 spiro atoms. The first-order chi connectivity index (χ1) is 8.08. The Kier molecular flexibility index (Phi) is 3.47. The van der Waals surface area contributed by atoms with Crippen LogP contribution in [0.4, 0.5) is 0 Å². The predicted octanol–water partition coefficient (Wildman–Crippen LogP) is 0.990. The maximum atomic E-state index is 11.4. The fraction of sp³-hybridized carbons (Fsp3) is 0.667. The van der Waals surface area contributed by atoms with Crippen molar-refractivity contribution in [3.8, 4) is 0 Å². The van der Waals surface area contributed by atoms with E-state index in [0.29, 0.717) is 6.04 Å². The van der Waals surface area contributed by atoms with Crippen LogP contribution in [0, 0.1) is 5.92 Å². The second kappa shape index (κ2) is 4.87. The molecule has 0 aromatic carbocycles. The number of nitrogens with one attached hydrogen (secondary N) is 1. The number of primary amides is 1. The molecule has 0 radical (unpaired) electrons. The van der Waals surface area contributed by atoms with E-state index in [1.54, 1.807) is 6.20 Å². The van der Waals surface area contributed by atoms with Crippen molar-refractivity contribution in [1.29, 1.82) is 0 Å². The molecule has 0 saturated heterocycles. The number of carbonyl (C=O) groups is 1. The van der Waals surface area contributed by atoms with Gasteiger partial charge in [0.25, 0.3) is 0 Å². The van der Waals surface area contributed by atoms with Crippen molar-refractivity contribution in [3.63, 3.8) is 0 Å². The lowest BCUT2D eigenvalue weighted by Gasteiger charge is -2.13. The molecule has 94 valence electrons. The Bertz CT molecular complexity index is 395. The maximum Gasteiger partial charge on any atom is 0.239 e. The van der Waals surface area contributed by atoms with E-state index in [4.69, 9.17) is 5.73 Å². The monoisotopic (exact) mass is 236 g/mol. The Morgan fingerprint density at radius 1 is 1.65 bits per heavy atom. The van der Waals surface area contributed by atoms with Crippen LogP contribution in [0.1, 0.15) is 44.3 Å². The van der Waals surface area contributed by atoms with Crippen molar-refractivity contribution in [2.75, 3.05) is 6.54 Å². The van der Waals surface area contributed by atoms with Crippen LogP contribution >= 0.6 is 0 Å². The van der Waals surface area contributed by atoms with E-state index < -0.39 is 6.04 Å². The van der Waals surface area contributed by atoms with Crippen LogP contribution < -0.4 is 11.1 Å². The highest BCUT2D eigenvalue weighted by Crippen LogP contribution is 2.28. The highest BCUT2D eigenvalue weighted by atomic mass is 16.1. The molecule has 5 nitrogen and oxygen atoms in total. The minimum Gasteiger partial charge on any atom is -0.368 e. The van der Waals surface area contributed by atoms with Crippen molar-refractivity contribution in [1.82, 2.24) is 15.1 Å². The first-order valence-electron chi connectivity index (χ1n) is 6.14. The van der Waals surface area contributed by atoms with E-state index in [9.17, 15) is 4.79 Å². The van der Waals surface area contributed by atoms with Gasteiger partial charge in [0.15, 0.2) is 0 Å². The summed E-state index contributed by atoms with van der Waals surface area (Å²) in [6, 6.07) is -0.121. The van der Waals surface area contributed by atoms with Gasteiger partial charge in [0, 0.05) is 17.8 Å². The van der Waals surface area contributed by atoms with Crippen LogP contribution in [-0.4, -0.2) is 22.2 Å². The zero-order valence-corrected chi connectivity index (χ0v) is 10.4. The first-order valence-corrected chi connectivity index (χ1v) is 6.14. The molecule has 1 atom stereocenters. The van der Waals surface area contributed by atoms with Crippen LogP contribution in [0.15, 0.2) is 12.4 Å². The molecule has 1 aliphatic rings. The smallest absolute Gasteiger partial charge is 0.239 e. The van der Waals surface area contributed by atoms with Crippen molar-refractivity contribution in [2.24, 2.45) is 11.7 Å². The largest absolute Gasteiger partial charge is 0.368 e. The fourth-order valence-corrected chi connectivity index (χ4v) is 1.77. The van der Waals surface area contributed by atoms with Gasteiger partial charge in [-0.2, -0.15) is 5.10 Å². The van der Waals surface area contributed by atoms with Gasteiger partial charge in [-0.25, -0.2) is 0 Å². The average molecular weight is 236 g/mol. The van der Waals surface area contributed by atoms with Gasteiger partial charge in [-0.15, -0.1) is 0 Å². The lowest BCUT2D eigenvalue weighted by atomic mass is 10.1. The number of carbonyl (C=O) groups excluding carboxylic acids is 1. The molecular weight excluding hydrogens is 216 g/mol. The molecule has 17 heavy (non-hydrogen) atoms. The van der Waals surface area contributed by atoms with Gasteiger partial charge >= 0.3 is 0 Å². The lowest BCUT2D eigenvalue weighted by Crippen LogP contribution is -2.34. The van der Waals surface area contributed by atoms with Crippen LogP contribution in [0.2, 0.25) is 0 Å². The van der Waals surface area contributed by atoms with Crippen LogP contribution in [-0.2, 0) is 4.79 Å². The number of hydrogen-bond acceptors (Lipinski definition) is 3. The molecule has 1 amide bonds. The van der Waals surface area contributed by atoms with E-state index in [2.05, 4.69) is 10.4 Å². The predicted molar refractivity (Wildman–Crippen MR) is 65.3 cm³/mol. The fourth-order valence-electron chi connectivity index (χ4n) is 1.77. The van der Waals surface area contributed by atoms with Crippen molar-refractivity contribution in [3.05, 3.63) is 18.0 Å². The highest BCUT2D eigenvalue weighted by Gasteiger charge is 2.25. The number of rotatable bonds is 6. The topological polar surface area (TPSA) is 72.9 Å². The minimum atomic E-state index is -0.414. The summed E-state index contributed by atoms with van der Waals surface area (Å²) in [5.41, 5.74) is 6.28. The summed E-state index contributed by atoms with van der Waals surface area (Å²) >= 11 is 0. The summed E-state index contributed by atoms with van der Waals surface area (Å²) in [7, 11) is 0. The van der Waals surface area contributed by atoms with Gasteiger partial charge in [-0.1, -0.05) is 0 Å². The van der Waals surface area contributed by atoms with Crippen LogP contribution in [0.25, 0.3) is 0 Å². The molecule has 1 saturated carbocycles. The van der Waals surface area contributed by atoms with Gasteiger partial charge in [0.2, 0.25) is 5.91 Å². The number of hydrogen-bond donors (Lipinski definition) is 2. The Balaban J connectivity index is 2.04. The lowest BCUT2D eigenvalue weighted by molar-refractivity contribution is -0.120. The molecule has 0 bridgehead atoms. The second-order valence-corrected chi connectivity index (χ2v) is 5.03. The van der Waals surface area contributed by atoms with E-state index >= 15 is 0 Å². The molecule has 1 aromatic heterocycles. The quantitative estimate of drug-likeness (QED) is 0.773. The van der Waals surface area contributed by atoms with Crippen molar-refractivity contribution in [2.45, 2.75) is 38.8 Å². The Labute approximate surface area is 101 Å². The van der Waals surface area contributed by atoms with Gasteiger partial charge < -0.3 is 11.1 Å². The summed E-state index contributed by atoms with van der Waals surface area (Å²) in [6.07, 6.45) is 6.11. The maximum absolute atomic E-state index is 11.4. The highest BCUT2D eigenvalue weighted by molar-refractivity contribution is 5.81. The van der Waals surface area contributed by atoms with Gasteiger partial charge in [-0.05, 0) is 39.2 Å². The summed E-state index contributed by atoms with van der Waals surface area (Å²) in [5, 5.41) is 7.45. The molecule has 1 heterocycles. The summed E-state index contributed by atoms with van der Waals surface area (Å²) in [6.45, 7) is 4.96. The summed E-state index contributed by atoms with van der Waals surface area (Å²) in [4.78, 5) is 11.4. The molecule has 5 heteroatoms. The minimum absolute atomic E-state index is 0.292. The Morgan fingerprint density at radius 3 is 2.82 bits per heavy atom. The molecule has 1 fully saturated rings. The zero-order valence-electron chi connectivity index (χ0n) is 10.4. The van der Waals surface area contributed by atoms with Crippen molar-refractivity contribution < 1.29 is 4.79 Å². The third-order valence-electron chi connectivity index (χ3n) is 3.08. The molecule has 0 aliphatic heterocycles. The van der Waals surface area contributed by atoms with Crippen LogP contribution in [0.3, 0.4) is 0 Å². The zero-order chi connectivity index (χ0) is 12.4. The molecule has 1 aliphatic carbocycles. The normalized spacial score (nSPS) is 17.4. The second-order valence-electron chi connectivity index (χ2n) is 5.03. The molecule has 3 N–H and O–H groups in total. The Hall–Kier alpha value is -1.36.